The molecule has 1 fully saturated rings. The lowest BCUT2D eigenvalue weighted by Gasteiger charge is -2.36. The molecule has 4 aromatic rings. The van der Waals surface area contributed by atoms with Gasteiger partial charge in [0.1, 0.15) is 12.4 Å². The summed E-state index contributed by atoms with van der Waals surface area (Å²) in [5.74, 6) is -3.98. The Morgan fingerprint density at radius 2 is 1.72 bits per heavy atom. The molecule has 1 aromatic heterocycles. The molecule has 6 nitrogen and oxygen atoms in total. The number of rotatable bonds is 6. The molecule has 3 aromatic carbocycles. The van der Waals surface area contributed by atoms with Crippen LogP contribution < -0.4 is 4.74 Å². The fourth-order valence-electron chi connectivity index (χ4n) is 4.47. The van der Waals surface area contributed by atoms with E-state index in [-0.39, 0.29) is 0 Å². The molecule has 1 aliphatic heterocycles. The van der Waals surface area contributed by atoms with Crippen molar-refractivity contribution in [2.75, 3.05) is 0 Å². The van der Waals surface area contributed by atoms with Crippen LogP contribution in [-0.4, -0.2) is 22.7 Å². The van der Waals surface area contributed by atoms with Crippen LogP contribution in [0.2, 0.25) is 5.02 Å². The zero-order valence-corrected chi connectivity index (χ0v) is 21.9. The molecule has 8 heteroatoms. The van der Waals surface area contributed by atoms with E-state index in [4.69, 9.17) is 25.8 Å². The zero-order valence-electron chi connectivity index (χ0n) is 19.6. The molecule has 0 bridgehead atoms. The SMILES string of the molecule is CC1(C)OC(=O)C([C@@H](c2ccc(OCc3ccc(Br)cc3)c(Cl)c2)c2c[nH]c3ccccc23)C(=O)O1. The van der Waals surface area contributed by atoms with E-state index in [0.29, 0.717) is 22.9 Å². The van der Waals surface area contributed by atoms with Gasteiger partial charge in [-0.1, -0.05) is 63.9 Å². The minimum Gasteiger partial charge on any atom is -0.487 e. The number of para-hydroxylation sites is 1. The molecule has 36 heavy (non-hydrogen) atoms. The van der Waals surface area contributed by atoms with Crippen LogP contribution in [-0.2, 0) is 25.7 Å². The molecule has 1 aliphatic rings. The maximum atomic E-state index is 13.1. The Morgan fingerprint density at radius 1 is 1.03 bits per heavy atom. The molecule has 1 N–H and O–H groups in total. The van der Waals surface area contributed by atoms with Gasteiger partial charge in [0.15, 0.2) is 5.92 Å². The minimum atomic E-state index is -1.32. The number of carbonyl (C=O) groups excluding carboxylic acids is 2. The third-order valence-corrected chi connectivity index (χ3v) is 6.94. The highest BCUT2D eigenvalue weighted by Crippen LogP contribution is 2.42. The van der Waals surface area contributed by atoms with Gasteiger partial charge in [0.05, 0.1) is 5.02 Å². The van der Waals surface area contributed by atoms with Gasteiger partial charge >= 0.3 is 11.9 Å². The van der Waals surface area contributed by atoms with E-state index in [1.807, 2.05) is 60.8 Å². The largest absolute Gasteiger partial charge is 0.487 e. The highest BCUT2D eigenvalue weighted by molar-refractivity contribution is 9.10. The van der Waals surface area contributed by atoms with Gasteiger partial charge in [-0.2, -0.15) is 0 Å². The number of H-pyrrole nitrogens is 1. The molecule has 0 aliphatic carbocycles. The van der Waals surface area contributed by atoms with Crippen molar-refractivity contribution in [2.24, 2.45) is 5.92 Å². The molecule has 0 unspecified atom stereocenters. The molecule has 5 rings (SSSR count). The summed E-state index contributed by atoms with van der Waals surface area (Å²) in [6.45, 7) is 3.41. The topological polar surface area (TPSA) is 77.6 Å². The predicted molar refractivity (Wildman–Crippen MR) is 140 cm³/mol. The number of esters is 2. The molecule has 1 saturated heterocycles. The van der Waals surface area contributed by atoms with E-state index in [9.17, 15) is 9.59 Å². The van der Waals surface area contributed by atoms with E-state index in [1.54, 1.807) is 12.1 Å². The molecular formula is C28H23BrClNO5. The van der Waals surface area contributed by atoms with Gasteiger partial charge < -0.3 is 19.2 Å². The van der Waals surface area contributed by atoms with Crippen LogP contribution >= 0.6 is 27.5 Å². The Hall–Kier alpha value is -3.29. The van der Waals surface area contributed by atoms with Crippen molar-refractivity contribution in [1.29, 1.82) is 0 Å². The lowest BCUT2D eigenvalue weighted by atomic mass is 9.80. The third-order valence-electron chi connectivity index (χ3n) is 6.11. The number of nitrogens with one attached hydrogen (secondary N) is 1. The van der Waals surface area contributed by atoms with Crippen LogP contribution in [0, 0.1) is 5.92 Å². The lowest BCUT2D eigenvalue weighted by Crippen LogP contribution is -2.48. The highest BCUT2D eigenvalue weighted by Gasteiger charge is 2.48. The van der Waals surface area contributed by atoms with Crippen molar-refractivity contribution in [2.45, 2.75) is 32.2 Å². The molecule has 0 amide bonds. The monoisotopic (exact) mass is 567 g/mol. The van der Waals surface area contributed by atoms with Gasteiger partial charge in [-0.3, -0.25) is 9.59 Å². The zero-order chi connectivity index (χ0) is 25.4. The molecule has 0 saturated carbocycles. The first-order valence-electron chi connectivity index (χ1n) is 11.4. The van der Waals surface area contributed by atoms with Crippen LogP contribution in [0.1, 0.15) is 36.5 Å². The van der Waals surface area contributed by atoms with Crippen molar-refractivity contribution < 1.29 is 23.8 Å². The van der Waals surface area contributed by atoms with Crippen molar-refractivity contribution in [1.82, 2.24) is 4.98 Å². The number of hydrogen-bond donors (Lipinski definition) is 1. The quantitative estimate of drug-likeness (QED) is 0.206. The summed E-state index contributed by atoms with van der Waals surface area (Å²) in [5.41, 5.74) is 3.31. The van der Waals surface area contributed by atoms with E-state index < -0.39 is 29.6 Å². The second-order valence-corrected chi connectivity index (χ2v) is 10.4. The lowest BCUT2D eigenvalue weighted by molar-refractivity contribution is -0.240. The number of cyclic esters (lactones) is 2. The Kier molecular flexibility index (Phi) is 6.53. The van der Waals surface area contributed by atoms with Gasteiger partial charge in [-0.05, 0) is 47.0 Å². The Morgan fingerprint density at radius 3 is 2.42 bits per heavy atom. The second-order valence-electron chi connectivity index (χ2n) is 9.09. The van der Waals surface area contributed by atoms with Crippen molar-refractivity contribution >= 4 is 50.4 Å². The van der Waals surface area contributed by atoms with Gasteiger partial charge in [-0.25, -0.2) is 0 Å². The highest BCUT2D eigenvalue weighted by atomic mass is 79.9. The Labute approximate surface area is 221 Å². The predicted octanol–water partition coefficient (Wildman–Crippen LogP) is 6.75. The van der Waals surface area contributed by atoms with Crippen molar-refractivity contribution in [3.8, 4) is 5.75 Å². The minimum absolute atomic E-state index is 0.342. The number of aromatic nitrogens is 1. The maximum Gasteiger partial charge on any atom is 0.324 e. The van der Waals surface area contributed by atoms with E-state index in [0.717, 1.165) is 26.5 Å². The number of benzene rings is 3. The number of hydrogen-bond acceptors (Lipinski definition) is 5. The normalized spacial score (nSPS) is 16.4. The summed E-state index contributed by atoms with van der Waals surface area (Å²) in [6.07, 6.45) is 1.81. The van der Waals surface area contributed by atoms with E-state index in [2.05, 4.69) is 20.9 Å². The Balaban J connectivity index is 1.52. The third kappa shape index (κ3) is 4.86. The summed E-state index contributed by atoms with van der Waals surface area (Å²) in [7, 11) is 0. The van der Waals surface area contributed by atoms with Gasteiger partial charge in [-0.15, -0.1) is 0 Å². The maximum absolute atomic E-state index is 13.1. The standard InChI is InChI=1S/C28H23BrClNO5/c1-28(2)35-26(32)25(27(33)36-28)24(20-14-31-22-6-4-3-5-19(20)22)17-9-12-23(21(30)13-17)34-15-16-7-10-18(29)11-8-16/h3-14,24-25,31H,15H2,1-2H3/t24-/m0/s1. The molecule has 1 atom stereocenters. The fraction of sp³-hybridized carbons (Fsp3) is 0.214. The first kappa shape index (κ1) is 24.4. The van der Waals surface area contributed by atoms with Crippen molar-refractivity contribution in [3.63, 3.8) is 0 Å². The molecule has 0 spiro atoms. The molecule has 184 valence electrons. The van der Waals surface area contributed by atoms with E-state index in [1.165, 1.54) is 13.8 Å². The van der Waals surface area contributed by atoms with Crippen LogP contribution in [0.4, 0.5) is 0 Å². The number of halogens is 2. The fourth-order valence-corrected chi connectivity index (χ4v) is 4.98. The van der Waals surface area contributed by atoms with Crippen LogP contribution in [0.15, 0.2) is 77.4 Å². The number of fused-ring (bicyclic) bond motifs is 1. The van der Waals surface area contributed by atoms with E-state index >= 15 is 0 Å². The molecule has 0 radical (unpaired) electrons. The average molecular weight is 569 g/mol. The summed E-state index contributed by atoms with van der Waals surface area (Å²) >= 11 is 10.1. The van der Waals surface area contributed by atoms with Gasteiger partial charge in [0.2, 0.25) is 0 Å². The van der Waals surface area contributed by atoms with Gasteiger partial charge in [0, 0.05) is 41.3 Å². The number of ether oxygens (including phenoxy) is 3. The molecule has 2 heterocycles. The Bertz CT molecular complexity index is 1430. The van der Waals surface area contributed by atoms with Crippen LogP contribution in [0.5, 0.6) is 5.75 Å². The summed E-state index contributed by atoms with van der Waals surface area (Å²) in [6, 6.07) is 20.8. The number of carbonyl (C=O) groups is 2. The van der Waals surface area contributed by atoms with Crippen molar-refractivity contribution in [3.05, 3.63) is 99.1 Å². The van der Waals surface area contributed by atoms with Crippen LogP contribution in [0.25, 0.3) is 10.9 Å². The van der Waals surface area contributed by atoms with Gasteiger partial charge in [0.25, 0.3) is 5.79 Å². The smallest absolute Gasteiger partial charge is 0.324 e. The number of aromatic amines is 1. The summed E-state index contributed by atoms with van der Waals surface area (Å²) in [5, 5.41) is 1.26. The van der Waals surface area contributed by atoms with Crippen LogP contribution in [0.3, 0.4) is 0 Å². The second kappa shape index (κ2) is 9.64. The first-order chi connectivity index (χ1) is 17.2. The molecular weight excluding hydrogens is 546 g/mol. The summed E-state index contributed by atoms with van der Waals surface area (Å²) in [4.78, 5) is 29.4. The summed E-state index contributed by atoms with van der Waals surface area (Å²) < 4.78 is 17.9. The first-order valence-corrected chi connectivity index (χ1v) is 12.6. The average Bonchev–Trinajstić information content (AvgIpc) is 3.25.